The Labute approximate surface area is 102 Å². The fourth-order valence-corrected chi connectivity index (χ4v) is 2.97. The highest BCUT2D eigenvalue weighted by Crippen LogP contribution is 2.22. The number of nitrogens with one attached hydrogen (secondary N) is 1. The van der Waals surface area contributed by atoms with E-state index in [9.17, 15) is 5.11 Å². The minimum atomic E-state index is -0.508. The van der Waals surface area contributed by atoms with Crippen molar-refractivity contribution in [2.24, 2.45) is 0 Å². The van der Waals surface area contributed by atoms with E-state index >= 15 is 0 Å². The lowest BCUT2D eigenvalue weighted by Crippen LogP contribution is -2.46. The van der Waals surface area contributed by atoms with Crippen molar-refractivity contribution < 1.29 is 5.11 Å². The molecule has 1 aromatic carbocycles. The number of rotatable bonds is 2. The molecule has 0 spiro atoms. The van der Waals surface area contributed by atoms with Gasteiger partial charge in [0, 0.05) is 26.2 Å². The van der Waals surface area contributed by atoms with Gasteiger partial charge in [-0.1, -0.05) is 24.3 Å². The van der Waals surface area contributed by atoms with Gasteiger partial charge in [-0.25, -0.2) is 0 Å². The molecular formula is C14H20N2O. The average Bonchev–Trinajstić information content (AvgIpc) is 2.76. The largest absolute Gasteiger partial charge is 0.387 e. The second-order valence-corrected chi connectivity index (χ2v) is 5.38. The van der Waals surface area contributed by atoms with Crippen molar-refractivity contribution in [2.75, 3.05) is 26.2 Å². The van der Waals surface area contributed by atoms with Gasteiger partial charge in [0.05, 0.1) is 5.60 Å². The summed E-state index contributed by atoms with van der Waals surface area (Å²) in [5, 5.41) is 13.6. The van der Waals surface area contributed by atoms with E-state index in [1.54, 1.807) is 0 Å². The zero-order chi connectivity index (χ0) is 11.7. The number of hydrogen-bond donors (Lipinski definition) is 2. The van der Waals surface area contributed by atoms with Crippen LogP contribution in [0.1, 0.15) is 17.5 Å². The van der Waals surface area contributed by atoms with E-state index in [1.807, 2.05) is 0 Å². The molecule has 0 saturated carbocycles. The van der Waals surface area contributed by atoms with Gasteiger partial charge >= 0.3 is 0 Å². The summed E-state index contributed by atoms with van der Waals surface area (Å²) in [5.74, 6) is 0. The maximum Gasteiger partial charge on any atom is 0.0909 e. The van der Waals surface area contributed by atoms with Crippen molar-refractivity contribution in [3.05, 3.63) is 35.4 Å². The van der Waals surface area contributed by atoms with E-state index in [2.05, 4.69) is 34.5 Å². The Kier molecular flexibility index (Phi) is 2.90. The molecule has 2 N–H and O–H groups in total. The minimum absolute atomic E-state index is 0.508. The first-order valence-corrected chi connectivity index (χ1v) is 6.47. The molecule has 0 aromatic heterocycles. The summed E-state index contributed by atoms with van der Waals surface area (Å²) >= 11 is 0. The molecule has 17 heavy (non-hydrogen) atoms. The highest BCUT2D eigenvalue weighted by atomic mass is 16.3. The summed E-state index contributed by atoms with van der Waals surface area (Å²) in [5.41, 5.74) is 2.39. The van der Waals surface area contributed by atoms with E-state index in [-0.39, 0.29) is 0 Å². The normalized spacial score (nSPS) is 29.2. The van der Waals surface area contributed by atoms with Crippen LogP contribution in [0.4, 0.5) is 0 Å². The van der Waals surface area contributed by atoms with E-state index in [4.69, 9.17) is 0 Å². The van der Waals surface area contributed by atoms with Crippen molar-refractivity contribution >= 4 is 0 Å². The van der Waals surface area contributed by atoms with Crippen LogP contribution in [-0.2, 0) is 13.0 Å². The molecule has 0 radical (unpaired) electrons. The minimum Gasteiger partial charge on any atom is -0.387 e. The molecular weight excluding hydrogens is 212 g/mol. The van der Waals surface area contributed by atoms with E-state index in [1.165, 1.54) is 11.1 Å². The number of nitrogens with zero attached hydrogens (tertiary/aromatic N) is 1. The Morgan fingerprint density at radius 1 is 1.29 bits per heavy atom. The van der Waals surface area contributed by atoms with Crippen LogP contribution in [0.25, 0.3) is 0 Å². The van der Waals surface area contributed by atoms with Crippen molar-refractivity contribution in [2.45, 2.75) is 25.0 Å². The molecule has 3 heteroatoms. The predicted octanol–water partition coefficient (Wildman–Crippen LogP) is 0.769. The van der Waals surface area contributed by atoms with Crippen LogP contribution in [0.2, 0.25) is 0 Å². The van der Waals surface area contributed by atoms with Gasteiger partial charge in [-0.2, -0.15) is 0 Å². The monoisotopic (exact) mass is 232 g/mol. The first-order chi connectivity index (χ1) is 8.25. The first-order valence-electron chi connectivity index (χ1n) is 6.47. The van der Waals surface area contributed by atoms with Crippen LogP contribution >= 0.6 is 0 Å². The second kappa shape index (κ2) is 4.41. The quantitative estimate of drug-likeness (QED) is 0.790. The van der Waals surface area contributed by atoms with Crippen LogP contribution in [0.15, 0.2) is 24.3 Å². The first kappa shape index (κ1) is 11.2. The van der Waals surface area contributed by atoms with Crippen LogP contribution in [0.3, 0.4) is 0 Å². The van der Waals surface area contributed by atoms with Crippen molar-refractivity contribution in [3.8, 4) is 0 Å². The molecule has 1 saturated heterocycles. The number of aliphatic hydroxyl groups is 1. The fraction of sp³-hybridized carbons (Fsp3) is 0.571. The van der Waals surface area contributed by atoms with Crippen LogP contribution in [-0.4, -0.2) is 41.8 Å². The molecule has 1 atom stereocenters. The molecule has 3 rings (SSSR count). The summed E-state index contributed by atoms with van der Waals surface area (Å²) in [6.45, 7) is 4.54. The molecule has 1 fully saturated rings. The lowest BCUT2D eigenvalue weighted by Gasteiger charge is -2.34. The van der Waals surface area contributed by atoms with Crippen molar-refractivity contribution in [1.82, 2.24) is 10.2 Å². The summed E-state index contributed by atoms with van der Waals surface area (Å²) in [6, 6.07) is 8.65. The van der Waals surface area contributed by atoms with Gasteiger partial charge in [0.25, 0.3) is 0 Å². The van der Waals surface area contributed by atoms with E-state index in [0.29, 0.717) is 0 Å². The van der Waals surface area contributed by atoms with Gasteiger partial charge in [0.1, 0.15) is 0 Å². The van der Waals surface area contributed by atoms with Gasteiger partial charge in [-0.15, -0.1) is 0 Å². The average molecular weight is 232 g/mol. The third kappa shape index (κ3) is 2.37. The zero-order valence-corrected chi connectivity index (χ0v) is 10.2. The third-order valence-corrected chi connectivity index (χ3v) is 3.95. The Morgan fingerprint density at radius 3 is 2.88 bits per heavy atom. The number of benzene rings is 1. The summed E-state index contributed by atoms with van der Waals surface area (Å²) in [7, 11) is 0. The number of fused-ring (bicyclic) bond motifs is 1. The van der Waals surface area contributed by atoms with Crippen molar-refractivity contribution in [3.63, 3.8) is 0 Å². The van der Waals surface area contributed by atoms with Crippen molar-refractivity contribution in [1.29, 1.82) is 0 Å². The maximum absolute atomic E-state index is 10.4. The van der Waals surface area contributed by atoms with Gasteiger partial charge in [0.15, 0.2) is 0 Å². The lowest BCUT2D eigenvalue weighted by atomic mass is 9.97. The van der Waals surface area contributed by atoms with Crippen LogP contribution in [0.5, 0.6) is 0 Å². The molecule has 0 aliphatic carbocycles. The fourth-order valence-electron chi connectivity index (χ4n) is 2.97. The zero-order valence-electron chi connectivity index (χ0n) is 10.2. The topological polar surface area (TPSA) is 35.5 Å². The molecule has 2 aliphatic heterocycles. The Morgan fingerprint density at radius 2 is 2.12 bits per heavy atom. The smallest absolute Gasteiger partial charge is 0.0909 e. The SMILES string of the molecule is O[C@@]1(CN2CCc3ccccc3C2)CCNC1. The highest BCUT2D eigenvalue weighted by Gasteiger charge is 2.33. The van der Waals surface area contributed by atoms with Crippen LogP contribution in [0, 0.1) is 0 Å². The van der Waals surface area contributed by atoms with Gasteiger partial charge in [-0.05, 0) is 30.5 Å². The summed E-state index contributed by atoms with van der Waals surface area (Å²) < 4.78 is 0. The van der Waals surface area contributed by atoms with Crippen LogP contribution < -0.4 is 5.32 Å². The molecule has 0 bridgehead atoms. The summed E-state index contributed by atoms with van der Waals surface area (Å²) in [4.78, 5) is 2.38. The number of β-amino-alcohol motifs (C(OH)–C–C–N with tert-alkyl or cyclic N) is 1. The summed E-state index contributed by atoms with van der Waals surface area (Å²) in [6.07, 6.45) is 1.99. The Hall–Kier alpha value is -0.900. The Balaban J connectivity index is 1.68. The number of hydrogen-bond acceptors (Lipinski definition) is 3. The standard InChI is InChI=1S/C14H20N2O/c17-14(6-7-15-10-14)11-16-8-5-12-3-1-2-4-13(12)9-16/h1-4,15,17H,5-11H2/t14-/m0/s1. The molecule has 0 amide bonds. The second-order valence-electron chi connectivity index (χ2n) is 5.38. The molecule has 3 nitrogen and oxygen atoms in total. The van der Waals surface area contributed by atoms with E-state index in [0.717, 1.165) is 45.6 Å². The molecule has 92 valence electrons. The predicted molar refractivity (Wildman–Crippen MR) is 67.9 cm³/mol. The molecule has 1 aromatic rings. The van der Waals surface area contributed by atoms with Gasteiger partial charge in [-0.3, -0.25) is 4.90 Å². The Bertz CT molecular complexity index is 399. The molecule has 0 unspecified atom stereocenters. The highest BCUT2D eigenvalue weighted by molar-refractivity contribution is 5.29. The maximum atomic E-state index is 10.4. The van der Waals surface area contributed by atoms with Gasteiger partial charge < -0.3 is 10.4 Å². The molecule has 2 aliphatic rings. The van der Waals surface area contributed by atoms with E-state index < -0.39 is 5.60 Å². The molecule has 2 heterocycles. The third-order valence-electron chi connectivity index (χ3n) is 3.95. The lowest BCUT2D eigenvalue weighted by molar-refractivity contribution is 0.0168. The van der Waals surface area contributed by atoms with Gasteiger partial charge in [0.2, 0.25) is 0 Å².